The van der Waals surface area contributed by atoms with Crippen molar-refractivity contribution in [3.8, 4) is 0 Å². The first kappa shape index (κ1) is 17.5. The Bertz CT molecular complexity index is 755. The minimum absolute atomic E-state index is 0.0383. The zero-order chi connectivity index (χ0) is 17.7. The molecule has 6 heteroatoms. The van der Waals surface area contributed by atoms with Gasteiger partial charge in [-0.05, 0) is 49.6 Å². The van der Waals surface area contributed by atoms with Crippen LogP contribution in [0.1, 0.15) is 23.6 Å². The van der Waals surface area contributed by atoms with Crippen LogP contribution in [0.15, 0.2) is 36.4 Å². The number of rotatable bonds is 6. The van der Waals surface area contributed by atoms with Crippen molar-refractivity contribution >= 4 is 23.0 Å². The Labute approximate surface area is 141 Å². The molecule has 0 saturated heterocycles. The van der Waals surface area contributed by atoms with Gasteiger partial charge < -0.3 is 10.6 Å². The molecule has 24 heavy (non-hydrogen) atoms. The number of aryl methyl sites for hydroxylation is 3. The van der Waals surface area contributed by atoms with E-state index in [0.717, 1.165) is 17.7 Å². The Morgan fingerprint density at radius 3 is 2.38 bits per heavy atom. The van der Waals surface area contributed by atoms with Crippen molar-refractivity contribution in [1.29, 1.82) is 0 Å². The van der Waals surface area contributed by atoms with Gasteiger partial charge in [0.05, 0.1) is 11.5 Å². The third-order valence-corrected chi connectivity index (χ3v) is 3.82. The summed E-state index contributed by atoms with van der Waals surface area (Å²) in [6.45, 7) is 5.65. The zero-order valence-corrected chi connectivity index (χ0v) is 14.1. The van der Waals surface area contributed by atoms with Crippen LogP contribution in [0.4, 0.5) is 17.1 Å². The number of carbonyl (C=O) groups is 1. The topological polar surface area (TPSA) is 84.3 Å². The molecule has 2 rings (SSSR count). The molecule has 0 unspecified atom stereocenters. The Hall–Kier alpha value is -2.89. The van der Waals surface area contributed by atoms with Crippen LogP contribution in [0.5, 0.6) is 0 Å². The lowest BCUT2D eigenvalue weighted by Gasteiger charge is -2.11. The van der Waals surface area contributed by atoms with Gasteiger partial charge in [-0.2, -0.15) is 0 Å². The minimum Gasteiger partial charge on any atom is -0.376 e. The number of anilines is 2. The van der Waals surface area contributed by atoms with Crippen LogP contribution in [0.2, 0.25) is 0 Å². The van der Waals surface area contributed by atoms with Crippen molar-refractivity contribution in [3.05, 3.63) is 63.2 Å². The molecule has 6 nitrogen and oxygen atoms in total. The van der Waals surface area contributed by atoms with Gasteiger partial charge in [0.25, 0.3) is 5.69 Å². The molecule has 0 aliphatic rings. The molecular weight excluding hydrogens is 306 g/mol. The molecular formula is C18H21N3O3. The highest BCUT2D eigenvalue weighted by Gasteiger charge is 2.14. The van der Waals surface area contributed by atoms with E-state index < -0.39 is 4.92 Å². The van der Waals surface area contributed by atoms with E-state index in [0.29, 0.717) is 11.3 Å². The molecule has 0 aromatic heterocycles. The summed E-state index contributed by atoms with van der Waals surface area (Å²) in [6.07, 6.45) is 0.946. The fourth-order valence-corrected chi connectivity index (χ4v) is 2.43. The number of nitro benzene ring substituents is 1. The van der Waals surface area contributed by atoms with E-state index in [9.17, 15) is 14.9 Å². The van der Waals surface area contributed by atoms with Gasteiger partial charge in [0, 0.05) is 23.0 Å². The van der Waals surface area contributed by atoms with Crippen molar-refractivity contribution < 1.29 is 9.72 Å². The van der Waals surface area contributed by atoms with E-state index >= 15 is 0 Å². The number of nitrogens with zero attached hydrogens (tertiary/aromatic N) is 1. The largest absolute Gasteiger partial charge is 0.376 e. The summed E-state index contributed by atoms with van der Waals surface area (Å²) in [4.78, 5) is 22.6. The Morgan fingerprint density at radius 2 is 1.79 bits per heavy atom. The second-order valence-corrected chi connectivity index (χ2v) is 5.66. The van der Waals surface area contributed by atoms with Gasteiger partial charge in [0.15, 0.2) is 0 Å². The average Bonchev–Trinajstić information content (AvgIpc) is 2.54. The normalized spacial score (nSPS) is 10.3. The van der Waals surface area contributed by atoms with Crippen LogP contribution in [0, 0.1) is 24.0 Å². The molecule has 2 N–H and O–H groups in total. The molecule has 0 saturated carbocycles. The Kier molecular flexibility index (Phi) is 5.52. The monoisotopic (exact) mass is 327 g/mol. The predicted molar refractivity (Wildman–Crippen MR) is 95.5 cm³/mol. The molecule has 0 aliphatic carbocycles. The van der Waals surface area contributed by atoms with E-state index in [1.54, 1.807) is 13.0 Å². The average molecular weight is 327 g/mol. The number of nitro groups is 1. The summed E-state index contributed by atoms with van der Waals surface area (Å²) in [6, 6.07) is 10.9. The Balaban J connectivity index is 2.00. The lowest BCUT2D eigenvalue weighted by molar-refractivity contribution is -0.385. The first-order chi connectivity index (χ1) is 11.4. The zero-order valence-electron chi connectivity index (χ0n) is 14.1. The highest BCUT2D eigenvalue weighted by Crippen LogP contribution is 2.26. The molecule has 2 aromatic rings. The maximum absolute atomic E-state index is 12.0. The number of hydrogen-bond acceptors (Lipinski definition) is 4. The lowest BCUT2D eigenvalue weighted by atomic mass is 10.1. The molecule has 0 radical (unpaired) electrons. The molecule has 0 spiro atoms. The summed E-state index contributed by atoms with van der Waals surface area (Å²) in [7, 11) is 0. The molecule has 0 atom stereocenters. The number of nitrogens with one attached hydrogen (secondary N) is 2. The number of benzene rings is 2. The summed E-state index contributed by atoms with van der Waals surface area (Å²) in [5.74, 6) is -0.207. The molecule has 0 bridgehead atoms. The molecule has 2 aromatic carbocycles. The molecule has 0 aliphatic heterocycles. The van der Waals surface area contributed by atoms with Crippen LogP contribution >= 0.6 is 0 Å². The summed E-state index contributed by atoms with van der Waals surface area (Å²) >= 11 is 0. The minimum atomic E-state index is -0.421. The van der Waals surface area contributed by atoms with Crippen LogP contribution in [0.25, 0.3) is 0 Å². The number of carbonyl (C=O) groups excluding carboxylic acids is 1. The maximum atomic E-state index is 12.0. The van der Waals surface area contributed by atoms with Gasteiger partial charge in [-0.15, -0.1) is 0 Å². The van der Waals surface area contributed by atoms with E-state index in [-0.39, 0.29) is 18.1 Å². The SMILES string of the molecule is CCc1ccc(NC(=O)CNc2cc([N+](=O)[O-])c(C)cc2C)cc1. The van der Waals surface area contributed by atoms with Gasteiger partial charge in [-0.25, -0.2) is 0 Å². The third kappa shape index (κ3) is 4.32. The standard InChI is InChI=1S/C18H21N3O3/c1-4-14-5-7-15(8-6-14)20-18(22)11-19-16-10-17(21(23)24)13(3)9-12(16)2/h5-10,19H,4,11H2,1-3H3,(H,20,22). The van der Waals surface area contributed by atoms with Gasteiger partial charge >= 0.3 is 0 Å². The number of hydrogen-bond donors (Lipinski definition) is 2. The van der Waals surface area contributed by atoms with E-state index in [2.05, 4.69) is 17.6 Å². The smallest absolute Gasteiger partial charge is 0.274 e. The van der Waals surface area contributed by atoms with Crippen molar-refractivity contribution in [2.24, 2.45) is 0 Å². The Morgan fingerprint density at radius 1 is 1.12 bits per heavy atom. The molecule has 1 amide bonds. The predicted octanol–water partition coefficient (Wildman–Crippen LogP) is 3.82. The first-order valence-electron chi connectivity index (χ1n) is 7.79. The third-order valence-electron chi connectivity index (χ3n) is 3.82. The van der Waals surface area contributed by atoms with Crippen LogP contribution in [-0.2, 0) is 11.2 Å². The van der Waals surface area contributed by atoms with Crippen molar-refractivity contribution in [2.45, 2.75) is 27.2 Å². The van der Waals surface area contributed by atoms with E-state index in [4.69, 9.17) is 0 Å². The van der Waals surface area contributed by atoms with Gasteiger partial charge in [-0.3, -0.25) is 14.9 Å². The van der Waals surface area contributed by atoms with Crippen LogP contribution in [0.3, 0.4) is 0 Å². The maximum Gasteiger partial charge on any atom is 0.274 e. The summed E-state index contributed by atoms with van der Waals surface area (Å²) in [5, 5.41) is 16.8. The highest BCUT2D eigenvalue weighted by molar-refractivity contribution is 5.93. The van der Waals surface area contributed by atoms with Crippen molar-refractivity contribution in [2.75, 3.05) is 17.2 Å². The van der Waals surface area contributed by atoms with Crippen LogP contribution < -0.4 is 10.6 Å². The first-order valence-corrected chi connectivity index (χ1v) is 7.79. The molecule has 126 valence electrons. The molecule has 0 fully saturated rings. The van der Waals surface area contributed by atoms with E-state index in [1.807, 2.05) is 31.2 Å². The lowest BCUT2D eigenvalue weighted by Crippen LogP contribution is -2.22. The number of amides is 1. The quantitative estimate of drug-likeness (QED) is 0.624. The molecule has 0 heterocycles. The summed E-state index contributed by atoms with van der Waals surface area (Å²) < 4.78 is 0. The fraction of sp³-hybridized carbons (Fsp3) is 0.278. The highest BCUT2D eigenvalue weighted by atomic mass is 16.6. The van der Waals surface area contributed by atoms with Crippen molar-refractivity contribution in [1.82, 2.24) is 0 Å². The fourth-order valence-electron chi connectivity index (χ4n) is 2.43. The summed E-state index contributed by atoms with van der Waals surface area (Å²) in [5.41, 5.74) is 4.02. The van der Waals surface area contributed by atoms with Crippen LogP contribution in [-0.4, -0.2) is 17.4 Å². The van der Waals surface area contributed by atoms with Gasteiger partial charge in [0.2, 0.25) is 5.91 Å². The second kappa shape index (κ2) is 7.59. The van der Waals surface area contributed by atoms with Gasteiger partial charge in [-0.1, -0.05) is 19.1 Å². The van der Waals surface area contributed by atoms with Gasteiger partial charge in [0.1, 0.15) is 0 Å². The second-order valence-electron chi connectivity index (χ2n) is 5.66. The van der Waals surface area contributed by atoms with E-state index in [1.165, 1.54) is 11.6 Å². The van der Waals surface area contributed by atoms with Crippen molar-refractivity contribution in [3.63, 3.8) is 0 Å².